The molecule has 5 heteroatoms. The molecule has 0 saturated heterocycles. The molecular formula is C15H10ClF2NO. The summed E-state index contributed by atoms with van der Waals surface area (Å²) in [5.74, 6) is -1.95. The van der Waals surface area contributed by atoms with Gasteiger partial charge in [0.05, 0.1) is 11.8 Å². The quantitative estimate of drug-likeness (QED) is 0.839. The second kappa shape index (κ2) is 4.87. The van der Waals surface area contributed by atoms with Crippen LogP contribution < -0.4 is 5.32 Å². The van der Waals surface area contributed by atoms with Crippen molar-refractivity contribution < 1.29 is 13.6 Å². The molecule has 0 spiro atoms. The van der Waals surface area contributed by atoms with Crippen LogP contribution in [-0.2, 0) is 11.2 Å². The molecule has 0 aliphatic carbocycles. The number of nitrogens with one attached hydrogen (secondary N) is 1. The molecule has 0 fully saturated rings. The summed E-state index contributed by atoms with van der Waals surface area (Å²) in [6.07, 6.45) is 0.276. The summed E-state index contributed by atoms with van der Waals surface area (Å²) in [6.45, 7) is 0. The number of fused-ring (bicyclic) bond motifs is 1. The first kappa shape index (κ1) is 13.1. The molecular weight excluding hydrogens is 284 g/mol. The first-order chi connectivity index (χ1) is 9.56. The minimum Gasteiger partial charge on any atom is -0.326 e. The van der Waals surface area contributed by atoms with Crippen molar-refractivity contribution in [1.29, 1.82) is 0 Å². The zero-order chi connectivity index (χ0) is 14.3. The molecule has 0 radical (unpaired) electrons. The van der Waals surface area contributed by atoms with Gasteiger partial charge in [-0.15, -0.1) is 11.6 Å². The lowest BCUT2D eigenvalue weighted by atomic mass is 10.0. The Morgan fingerprint density at radius 2 is 2.00 bits per heavy atom. The van der Waals surface area contributed by atoms with Crippen LogP contribution in [0.5, 0.6) is 0 Å². The maximum Gasteiger partial charge on any atom is 0.228 e. The highest BCUT2D eigenvalue weighted by molar-refractivity contribution is 6.22. The van der Waals surface area contributed by atoms with Crippen LogP contribution in [0.25, 0.3) is 0 Å². The third kappa shape index (κ3) is 2.16. The van der Waals surface area contributed by atoms with Crippen LogP contribution in [0.2, 0.25) is 0 Å². The molecule has 1 N–H and O–H groups in total. The third-order valence-corrected chi connectivity index (χ3v) is 3.79. The fraction of sp³-hybridized carbons (Fsp3) is 0.133. The largest absolute Gasteiger partial charge is 0.326 e. The van der Waals surface area contributed by atoms with Crippen LogP contribution in [0, 0.1) is 11.6 Å². The summed E-state index contributed by atoms with van der Waals surface area (Å²) in [7, 11) is 0. The number of alkyl halides is 1. The van der Waals surface area contributed by atoms with Crippen molar-refractivity contribution in [3.8, 4) is 0 Å². The smallest absolute Gasteiger partial charge is 0.228 e. The Kier molecular flexibility index (Phi) is 3.18. The van der Waals surface area contributed by atoms with E-state index in [9.17, 15) is 13.6 Å². The zero-order valence-electron chi connectivity index (χ0n) is 10.3. The molecule has 20 heavy (non-hydrogen) atoms. The van der Waals surface area contributed by atoms with Gasteiger partial charge < -0.3 is 5.32 Å². The van der Waals surface area contributed by atoms with Gasteiger partial charge in [0.15, 0.2) is 11.6 Å². The van der Waals surface area contributed by atoms with E-state index >= 15 is 0 Å². The van der Waals surface area contributed by atoms with Gasteiger partial charge in [-0.1, -0.05) is 24.3 Å². The maximum atomic E-state index is 13.7. The van der Waals surface area contributed by atoms with E-state index in [1.807, 2.05) is 0 Å². The highest BCUT2D eigenvalue weighted by Gasteiger charge is 2.22. The van der Waals surface area contributed by atoms with E-state index in [2.05, 4.69) is 5.32 Å². The number of carbonyl (C=O) groups excluding carboxylic acids is 1. The van der Waals surface area contributed by atoms with Crippen molar-refractivity contribution in [3.63, 3.8) is 0 Å². The molecule has 102 valence electrons. The fourth-order valence-corrected chi connectivity index (χ4v) is 2.61. The number of halogens is 3. The molecule has 1 aliphatic rings. The van der Waals surface area contributed by atoms with Crippen LogP contribution >= 0.6 is 11.6 Å². The van der Waals surface area contributed by atoms with Gasteiger partial charge in [-0.25, -0.2) is 8.78 Å². The second-order valence-corrected chi connectivity index (χ2v) is 5.08. The van der Waals surface area contributed by atoms with E-state index in [4.69, 9.17) is 11.6 Å². The van der Waals surface area contributed by atoms with Gasteiger partial charge >= 0.3 is 0 Å². The Morgan fingerprint density at radius 3 is 2.80 bits per heavy atom. The molecule has 0 bridgehead atoms. The molecule has 1 atom stereocenters. The molecule has 0 saturated carbocycles. The molecule has 0 aromatic heterocycles. The lowest BCUT2D eigenvalue weighted by molar-refractivity contribution is -0.115. The second-order valence-electron chi connectivity index (χ2n) is 4.65. The average Bonchev–Trinajstić information content (AvgIpc) is 2.80. The Balaban J connectivity index is 1.99. The molecule has 1 heterocycles. The van der Waals surface area contributed by atoms with Crippen molar-refractivity contribution in [2.75, 3.05) is 5.32 Å². The molecule has 2 nitrogen and oxygen atoms in total. The Bertz CT molecular complexity index is 702. The highest BCUT2D eigenvalue weighted by atomic mass is 35.5. The van der Waals surface area contributed by atoms with Gasteiger partial charge in [0.1, 0.15) is 0 Å². The van der Waals surface area contributed by atoms with Crippen molar-refractivity contribution in [2.24, 2.45) is 0 Å². The first-order valence-electron chi connectivity index (χ1n) is 6.07. The molecule has 1 aliphatic heterocycles. The van der Waals surface area contributed by atoms with E-state index in [-0.39, 0.29) is 17.9 Å². The first-order valence-corrected chi connectivity index (χ1v) is 6.50. The van der Waals surface area contributed by atoms with Crippen molar-refractivity contribution >= 4 is 23.2 Å². The number of benzene rings is 2. The Hall–Kier alpha value is -1.94. The molecule has 2 aromatic carbocycles. The maximum absolute atomic E-state index is 13.7. The molecule has 1 amide bonds. The summed E-state index contributed by atoms with van der Waals surface area (Å²) >= 11 is 6.23. The van der Waals surface area contributed by atoms with Crippen LogP contribution in [0.3, 0.4) is 0 Å². The van der Waals surface area contributed by atoms with E-state index in [0.717, 1.165) is 17.3 Å². The van der Waals surface area contributed by atoms with Gasteiger partial charge in [-0.2, -0.15) is 0 Å². The van der Waals surface area contributed by atoms with E-state index in [1.165, 1.54) is 12.1 Å². The number of hydrogen-bond acceptors (Lipinski definition) is 1. The number of rotatable bonds is 2. The van der Waals surface area contributed by atoms with Gasteiger partial charge in [0.25, 0.3) is 0 Å². The van der Waals surface area contributed by atoms with Crippen molar-refractivity contribution in [3.05, 3.63) is 64.7 Å². The summed E-state index contributed by atoms with van der Waals surface area (Å²) in [4.78, 5) is 11.3. The summed E-state index contributed by atoms with van der Waals surface area (Å²) in [5.41, 5.74) is 2.27. The lowest BCUT2D eigenvalue weighted by Gasteiger charge is -2.13. The van der Waals surface area contributed by atoms with E-state index in [0.29, 0.717) is 5.56 Å². The molecule has 2 aromatic rings. The average molecular weight is 294 g/mol. The van der Waals surface area contributed by atoms with Crippen LogP contribution in [0.1, 0.15) is 22.1 Å². The predicted octanol–water partition coefficient (Wildman–Crippen LogP) is 3.79. The van der Waals surface area contributed by atoms with Gasteiger partial charge in [-0.3, -0.25) is 4.79 Å². The van der Waals surface area contributed by atoms with E-state index < -0.39 is 17.0 Å². The number of anilines is 1. The lowest BCUT2D eigenvalue weighted by Crippen LogP contribution is -2.03. The van der Waals surface area contributed by atoms with Crippen LogP contribution in [0.15, 0.2) is 36.4 Å². The number of hydrogen-bond donors (Lipinski definition) is 1. The summed E-state index contributed by atoms with van der Waals surface area (Å²) < 4.78 is 27.0. The van der Waals surface area contributed by atoms with Gasteiger partial charge in [0, 0.05) is 11.3 Å². The molecule has 1 unspecified atom stereocenters. The Morgan fingerprint density at radius 1 is 1.20 bits per heavy atom. The van der Waals surface area contributed by atoms with Gasteiger partial charge in [-0.05, 0) is 23.3 Å². The minimum atomic E-state index is -0.942. The van der Waals surface area contributed by atoms with Crippen LogP contribution in [0.4, 0.5) is 14.5 Å². The Labute approximate surface area is 119 Å². The van der Waals surface area contributed by atoms with E-state index in [1.54, 1.807) is 18.2 Å². The zero-order valence-corrected chi connectivity index (χ0v) is 11.0. The standard InChI is InChI=1S/C15H10ClF2NO/c16-14(10-2-1-3-11(17)15(10)18)8-4-5-12-9(6-8)7-13(20)19-12/h1-6,14H,7H2,(H,19,20). The molecule has 3 rings (SSSR count). The third-order valence-electron chi connectivity index (χ3n) is 3.30. The van der Waals surface area contributed by atoms with Crippen LogP contribution in [-0.4, -0.2) is 5.91 Å². The summed E-state index contributed by atoms with van der Waals surface area (Å²) in [5, 5.41) is 1.91. The summed E-state index contributed by atoms with van der Waals surface area (Å²) in [6, 6.07) is 9.09. The normalized spacial score (nSPS) is 14.8. The monoisotopic (exact) mass is 293 g/mol. The number of carbonyl (C=O) groups is 1. The van der Waals surface area contributed by atoms with Crippen molar-refractivity contribution in [2.45, 2.75) is 11.8 Å². The minimum absolute atomic E-state index is 0.0831. The van der Waals surface area contributed by atoms with Gasteiger partial charge in [0.2, 0.25) is 5.91 Å². The topological polar surface area (TPSA) is 29.1 Å². The van der Waals surface area contributed by atoms with Crippen molar-refractivity contribution in [1.82, 2.24) is 0 Å². The SMILES string of the molecule is O=C1Cc2cc(C(Cl)c3cccc(F)c3F)ccc2N1. The fourth-order valence-electron chi connectivity index (χ4n) is 2.30. The highest BCUT2D eigenvalue weighted by Crippen LogP contribution is 2.34. The predicted molar refractivity (Wildman–Crippen MR) is 72.8 cm³/mol. The number of amides is 1.